The molecule has 1 aliphatic rings. The SMILES string of the molecule is C[C@@H]1C[C@@H](Nc2cccc(F)c2[N+](=O)[O-])CC(C)(C)C1. The summed E-state index contributed by atoms with van der Waals surface area (Å²) in [5.41, 5.74) is 0.0330. The smallest absolute Gasteiger partial charge is 0.327 e. The minimum Gasteiger partial charge on any atom is -0.377 e. The number of hydrogen-bond donors (Lipinski definition) is 1. The van der Waals surface area contributed by atoms with Crippen LogP contribution in [0.2, 0.25) is 0 Å². The maximum Gasteiger partial charge on any atom is 0.327 e. The Labute approximate surface area is 118 Å². The van der Waals surface area contributed by atoms with E-state index >= 15 is 0 Å². The lowest BCUT2D eigenvalue weighted by atomic mass is 9.70. The molecule has 2 atom stereocenters. The Kier molecular flexibility index (Phi) is 3.97. The third kappa shape index (κ3) is 3.26. The van der Waals surface area contributed by atoms with Crippen molar-refractivity contribution >= 4 is 11.4 Å². The van der Waals surface area contributed by atoms with E-state index in [0.29, 0.717) is 5.92 Å². The molecule has 5 heteroatoms. The number of para-hydroxylation sites is 1. The van der Waals surface area contributed by atoms with Crippen molar-refractivity contribution in [1.82, 2.24) is 0 Å². The molecule has 0 bridgehead atoms. The highest BCUT2D eigenvalue weighted by atomic mass is 19.1. The van der Waals surface area contributed by atoms with Crippen molar-refractivity contribution in [2.45, 2.75) is 46.1 Å². The van der Waals surface area contributed by atoms with Crippen molar-refractivity contribution < 1.29 is 9.31 Å². The van der Waals surface area contributed by atoms with E-state index in [4.69, 9.17) is 0 Å². The second-order valence-electron chi connectivity index (χ2n) is 6.65. The Balaban J connectivity index is 2.22. The normalized spacial score (nSPS) is 25.2. The lowest BCUT2D eigenvalue weighted by molar-refractivity contribution is -0.386. The molecule has 1 aromatic carbocycles. The predicted molar refractivity (Wildman–Crippen MR) is 77.3 cm³/mol. The summed E-state index contributed by atoms with van der Waals surface area (Å²) in [6.07, 6.45) is 3.04. The van der Waals surface area contributed by atoms with Gasteiger partial charge in [0.25, 0.3) is 0 Å². The van der Waals surface area contributed by atoms with Gasteiger partial charge >= 0.3 is 5.69 Å². The van der Waals surface area contributed by atoms with Gasteiger partial charge in [0, 0.05) is 6.04 Å². The van der Waals surface area contributed by atoms with Gasteiger partial charge < -0.3 is 5.32 Å². The van der Waals surface area contributed by atoms with Crippen LogP contribution < -0.4 is 5.32 Å². The van der Waals surface area contributed by atoms with Gasteiger partial charge in [-0.05, 0) is 42.7 Å². The van der Waals surface area contributed by atoms with E-state index < -0.39 is 16.4 Å². The van der Waals surface area contributed by atoms with E-state index in [1.54, 1.807) is 6.07 Å². The summed E-state index contributed by atoms with van der Waals surface area (Å²) in [4.78, 5) is 10.3. The first-order chi connectivity index (χ1) is 9.28. The van der Waals surface area contributed by atoms with Crippen molar-refractivity contribution in [3.8, 4) is 0 Å². The molecule has 0 saturated heterocycles. The fourth-order valence-electron chi connectivity index (χ4n) is 3.49. The molecule has 1 N–H and O–H groups in total. The zero-order chi connectivity index (χ0) is 14.9. The molecule has 20 heavy (non-hydrogen) atoms. The largest absolute Gasteiger partial charge is 0.377 e. The van der Waals surface area contributed by atoms with Crippen LogP contribution in [0.15, 0.2) is 18.2 Å². The summed E-state index contributed by atoms with van der Waals surface area (Å²) in [6.45, 7) is 6.60. The standard InChI is InChI=1S/C15H21FN2O2/c1-10-7-11(9-15(2,3)8-10)17-13-6-4-5-12(16)14(13)18(19)20/h4-6,10-11,17H,7-9H2,1-3H3/t10-,11-/m1/s1. The van der Waals surface area contributed by atoms with E-state index in [9.17, 15) is 14.5 Å². The quantitative estimate of drug-likeness (QED) is 0.661. The van der Waals surface area contributed by atoms with Crippen molar-refractivity contribution in [2.24, 2.45) is 11.3 Å². The molecular weight excluding hydrogens is 259 g/mol. The molecule has 0 unspecified atom stereocenters. The topological polar surface area (TPSA) is 55.2 Å². The van der Waals surface area contributed by atoms with Gasteiger partial charge in [0.15, 0.2) is 0 Å². The number of hydrogen-bond acceptors (Lipinski definition) is 3. The maximum atomic E-state index is 13.6. The molecule has 1 saturated carbocycles. The molecule has 0 heterocycles. The number of rotatable bonds is 3. The van der Waals surface area contributed by atoms with Crippen molar-refractivity contribution in [3.05, 3.63) is 34.1 Å². The van der Waals surface area contributed by atoms with Gasteiger partial charge in [-0.15, -0.1) is 0 Å². The average Bonchev–Trinajstić information content (AvgIpc) is 2.25. The van der Waals surface area contributed by atoms with Crippen LogP contribution in [-0.4, -0.2) is 11.0 Å². The Morgan fingerprint density at radius 3 is 2.70 bits per heavy atom. The number of nitro groups is 1. The van der Waals surface area contributed by atoms with Gasteiger partial charge in [-0.2, -0.15) is 4.39 Å². The van der Waals surface area contributed by atoms with Crippen LogP contribution in [0.25, 0.3) is 0 Å². The first kappa shape index (κ1) is 14.8. The Morgan fingerprint density at radius 1 is 1.40 bits per heavy atom. The summed E-state index contributed by atoms with van der Waals surface area (Å²) in [6, 6.07) is 4.35. The highest BCUT2D eigenvalue weighted by Crippen LogP contribution is 2.40. The third-order valence-electron chi connectivity index (χ3n) is 3.92. The molecule has 0 amide bonds. The van der Waals surface area contributed by atoms with Crippen molar-refractivity contribution in [1.29, 1.82) is 0 Å². The molecule has 1 aliphatic carbocycles. The zero-order valence-electron chi connectivity index (χ0n) is 12.1. The molecule has 0 aromatic heterocycles. The second-order valence-corrected chi connectivity index (χ2v) is 6.65. The molecule has 110 valence electrons. The summed E-state index contributed by atoms with van der Waals surface area (Å²) >= 11 is 0. The van der Waals surface area contributed by atoms with Gasteiger partial charge in [-0.25, -0.2) is 0 Å². The van der Waals surface area contributed by atoms with Crippen LogP contribution in [0.4, 0.5) is 15.8 Å². The molecule has 0 aliphatic heterocycles. The second kappa shape index (κ2) is 5.38. The minimum atomic E-state index is -0.789. The van der Waals surface area contributed by atoms with Gasteiger partial charge in [0.2, 0.25) is 5.82 Å². The maximum absolute atomic E-state index is 13.6. The number of nitro benzene ring substituents is 1. The first-order valence-electron chi connectivity index (χ1n) is 6.98. The summed E-state index contributed by atoms with van der Waals surface area (Å²) in [5, 5.41) is 14.2. The van der Waals surface area contributed by atoms with Crippen LogP contribution in [0, 0.1) is 27.3 Å². The van der Waals surface area contributed by atoms with Crippen LogP contribution in [0.1, 0.15) is 40.0 Å². The highest BCUT2D eigenvalue weighted by Gasteiger charge is 2.33. The van der Waals surface area contributed by atoms with E-state index in [1.807, 2.05) is 0 Å². The number of nitrogens with zero attached hydrogens (tertiary/aromatic N) is 1. The highest BCUT2D eigenvalue weighted by molar-refractivity contribution is 5.62. The Bertz CT molecular complexity index is 517. The van der Waals surface area contributed by atoms with Crippen LogP contribution in [0.5, 0.6) is 0 Å². The molecule has 1 fully saturated rings. The van der Waals surface area contributed by atoms with Crippen LogP contribution in [-0.2, 0) is 0 Å². The lowest BCUT2D eigenvalue weighted by Gasteiger charge is -2.39. The fourth-order valence-corrected chi connectivity index (χ4v) is 3.49. The zero-order valence-corrected chi connectivity index (χ0v) is 12.1. The molecule has 2 rings (SSSR count). The molecule has 4 nitrogen and oxygen atoms in total. The first-order valence-corrected chi connectivity index (χ1v) is 6.98. The summed E-state index contributed by atoms with van der Waals surface area (Å²) in [5.74, 6) is -0.230. The van der Waals surface area contributed by atoms with Crippen molar-refractivity contribution in [3.63, 3.8) is 0 Å². The van der Waals surface area contributed by atoms with E-state index in [1.165, 1.54) is 6.07 Å². The lowest BCUT2D eigenvalue weighted by Crippen LogP contribution is -2.35. The fraction of sp³-hybridized carbons (Fsp3) is 0.600. The van der Waals surface area contributed by atoms with Crippen LogP contribution in [0.3, 0.4) is 0 Å². The Hall–Kier alpha value is -1.65. The summed E-state index contributed by atoms with van der Waals surface area (Å²) < 4.78 is 13.6. The van der Waals surface area contributed by atoms with Gasteiger partial charge in [-0.3, -0.25) is 10.1 Å². The van der Waals surface area contributed by atoms with E-state index in [0.717, 1.165) is 25.3 Å². The predicted octanol–water partition coefficient (Wildman–Crippen LogP) is 4.36. The third-order valence-corrected chi connectivity index (χ3v) is 3.92. The number of anilines is 1. The van der Waals surface area contributed by atoms with Crippen molar-refractivity contribution in [2.75, 3.05) is 5.32 Å². The minimum absolute atomic E-state index is 0.147. The van der Waals surface area contributed by atoms with E-state index in [-0.39, 0.29) is 17.1 Å². The average molecular weight is 280 g/mol. The number of nitrogens with one attached hydrogen (secondary N) is 1. The number of halogens is 1. The van der Waals surface area contributed by atoms with E-state index in [2.05, 4.69) is 26.1 Å². The molecular formula is C15H21FN2O2. The molecule has 1 aromatic rings. The van der Waals surface area contributed by atoms with Gasteiger partial charge in [0.1, 0.15) is 5.69 Å². The van der Waals surface area contributed by atoms with Gasteiger partial charge in [-0.1, -0.05) is 26.8 Å². The monoisotopic (exact) mass is 280 g/mol. The summed E-state index contributed by atoms with van der Waals surface area (Å²) in [7, 11) is 0. The molecule has 0 spiro atoms. The van der Waals surface area contributed by atoms with Crippen LogP contribution >= 0.6 is 0 Å². The molecule has 0 radical (unpaired) electrons. The Morgan fingerprint density at radius 2 is 2.10 bits per heavy atom. The number of benzene rings is 1. The van der Waals surface area contributed by atoms with Gasteiger partial charge in [0.05, 0.1) is 4.92 Å².